The Hall–Kier alpha value is -3.33. The Labute approximate surface area is 215 Å². The van der Waals surface area contributed by atoms with Crippen molar-refractivity contribution in [2.45, 2.75) is 63.7 Å². The van der Waals surface area contributed by atoms with Crippen LogP contribution in [-0.2, 0) is 25.6 Å². The minimum atomic E-state index is -1.26. The highest BCUT2D eigenvalue weighted by Gasteiger charge is 2.30. The SMILES string of the molecule is CC(C)CC(NC(=O)C(N)Cc1cnc[nH]1)C(=O)NC(CCCN=C(N)N)C(=O)NC(CS)C(=O)O. The highest BCUT2D eigenvalue weighted by Crippen LogP contribution is 2.08. The molecule has 14 nitrogen and oxygen atoms in total. The van der Waals surface area contributed by atoms with Gasteiger partial charge in [-0.05, 0) is 25.2 Å². The normalized spacial score (nSPS) is 14.2. The first-order chi connectivity index (χ1) is 16.9. The van der Waals surface area contributed by atoms with E-state index in [4.69, 9.17) is 17.2 Å². The summed E-state index contributed by atoms with van der Waals surface area (Å²) in [7, 11) is 0. The fraction of sp³-hybridized carbons (Fsp3) is 0.619. The van der Waals surface area contributed by atoms with Crippen molar-refractivity contribution in [1.29, 1.82) is 0 Å². The number of nitrogens with two attached hydrogens (primary N) is 3. The second-order valence-corrected chi connectivity index (χ2v) is 9.04. The van der Waals surface area contributed by atoms with Gasteiger partial charge in [-0.2, -0.15) is 12.6 Å². The fourth-order valence-electron chi connectivity index (χ4n) is 3.21. The molecule has 0 aromatic carbocycles. The van der Waals surface area contributed by atoms with E-state index < -0.39 is 47.9 Å². The minimum absolute atomic E-state index is 0.0274. The van der Waals surface area contributed by atoms with E-state index in [9.17, 15) is 24.3 Å². The fourth-order valence-corrected chi connectivity index (χ4v) is 3.46. The summed E-state index contributed by atoms with van der Waals surface area (Å²) in [5.74, 6) is -3.35. The number of carboxylic acid groups (broad SMARTS) is 1. The van der Waals surface area contributed by atoms with Gasteiger partial charge >= 0.3 is 5.97 Å². The standard InChI is InChI=1S/C21H37N9O5S/c1-11(2)6-15(29-17(31)13(22)7-12-8-25-10-27-12)19(33)28-14(4-3-5-26-21(23)24)18(32)30-16(9-36)20(34)35/h8,10-11,13-16,36H,3-7,9,22H2,1-2H3,(H,25,27)(H,28,33)(H,29,31)(H,30,32)(H,34,35)(H4,23,24,26). The van der Waals surface area contributed by atoms with Crippen molar-refractivity contribution in [3.63, 3.8) is 0 Å². The number of nitrogens with one attached hydrogen (secondary N) is 4. The Kier molecular flexibility index (Phi) is 13.3. The summed E-state index contributed by atoms with van der Waals surface area (Å²) >= 11 is 3.94. The van der Waals surface area contributed by atoms with Crippen molar-refractivity contribution >= 4 is 42.3 Å². The number of carboxylic acids is 1. The monoisotopic (exact) mass is 527 g/mol. The second kappa shape index (κ2) is 15.6. The molecule has 1 rings (SSSR count). The van der Waals surface area contributed by atoms with E-state index in [1.165, 1.54) is 6.33 Å². The molecule has 202 valence electrons. The number of carbonyl (C=O) groups excluding carboxylic acids is 3. The predicted octanol–water partition coefficient (Wildman–Crippen LogP) is -2.15. The van der Waals surface area contributed by atoms with Crippen LogP contribution < -0.4 is 33.2 Å². The van der Waals surface area contributed by atoms with Crippen molar-refractivity contribution in [3.05, 3.63) is 18.2 Å². The van der Waals surface area contributed by atoms with Gasteiger partial charge in [-0.25, -0.2) is 9.78 Å². The molecule has 4 atom stereocenters. The van der Waals surface area contributed by atoms with E-state index in [-0.39, 0.29) is 43.4 Å². The number of thiol groups is 1. The first kappa shape index (κ1) is 30.7. The van der Waals surface area contributed by atoms with Crippen molar-refractivity contribution < 1.29 is 24.3 Å². The lowest BCUT2D eigenvalue weighted by Crippen LogP contribution is -2.57. The van der Waals surface area contributed by atoms with E-state index in [0.29, 0.717) is 12.1 Å². The summed E-state index contributed by atoms with van der Waals surface area (Å²) in [5, 5.41) is 16.9. The third-order valence-electron chi connectivity index (χ3n) is 5.05. The number of imidazole rings is 1. The first-order valence-corrected chi connectivity index (χ1v) is 12.1. The molecule has 0 saturated carbocycles. The molecule has 0 bridgehead atoms. The molecule has 0 saturated heterocycles. The van der Waals surface area contributed by atoms with Gasteiger partial charge in [-0.3, -0.25) is 19.4 Å². The third-order valence-corrected chi connectivity index (χ3v) is 5.41. The number of guanidine groups is 1. The smallest absolute Gasteiger partial charge is 0.327 e. The second-order valence-electron chi connectivity index (χ2n) is 8.67. The highest BCUT2D eigenvalue weighted by molar-refractivity contribution is 7.80. The van der Waals surface area contributed by atoms with E-state index in [2.05, 4.69) is 43.5 Å². The summed E-state index contributed by atoms with van der Waals surface area (Å²) in [6.45, 7) is 3.95. The number of hydrogen-bond donors (Lipinski definition) is 9. The van der Waals surface area contributed by atoms with Gasteiger partial charge in [0.2, 0.25) is 17.7 Å². The molecule has 3 amide bonds. The summed E-state index contributed by atoms with van der Waals surface area (Å²) in [4.78, 5) is 60.5. The molecule has 0 spiro atoms. The Balaban J connectivity index is 2.95. The van der Waals surface area contributed by atoms with Crippen molar-refractivity contribution in [2.75, 3.05) is 12.3 Å². The Morgan fingerprint density at radius 2 is 1.69 bits per heavy atom. The molecule has 1 aromatic rings. The number of H-pyrrole nitrogens is 1. The van der Waals surface area contributed by atoms with Crippen LogP contribution >= 0.6 is 12.6 Å². The maximum absolute atomic E-state index is 13.1. The molecule has 36 heavy (non-hydrogen) atoms. The number of aliphatic imine (C=N–C) groups is 1. The van der Waals surface area contributed by atoms with E-state index in [1.807, 2.05) is 13.8 Å². The van der Waals surface area contributed by atoms with Gasteiger partial charge in [0.1, 0.15) is 18.1 Å². The van der Waals surface area contributed by atoms with Crippen molar-refractivity contribution in [3.8, 4) is 0 Å². The van der Waals surface area contributed by atoms with Crippen LogP contribution in [0, 0.1) is 5.92 Å². The van der Waals surface area contributed by atoms with Gasteiger partial charge in [0.15, 0.2) is 5.96 Å². The van der Waals surface area contributed by atoms with Gasteiger partial charge < -0.3 is 43.2 Å². The average Bonchev–Trinajstić information content (AvgIpc) is 3.30. The van der Waals surface area contributed by atoms with Crippen LogP contribution in [0.2, 0.25) is 0 Å². The molecular formula is C21H37N9O5S. The van der Waals surface area contributed by atoms with Crippen LogP contribution in [0.3, 0.4) is 0 Å². The summed E-state index contributed by atoms with van der Waals surface area (Å²) in [6, 6.07) is -4.25. The molecule has 0 aliphatic rings. The zero-order chi connectivity index (χ0) is 27.3. The van der Waals surface area contributed by atoms with Crippen molar-refractivity contribution in [2.24, 2.45) is 28.1 Å². The molecule has 0 radical (unpaired) electrons. The lowest BCUT2D eigenvalue weighted by atomic mass is 10.0. The molecule has 1 heterocycles. The molecule has 11 N–H and O–H groups in total. The maximum atomic E-state index is 13.1. The number of nitrogens with zero attached hydrogens (tertiary/aromatic N) is 2. The highest BCUT2D eigenvalue weighted by atomic mass is 32.1. The summed E-state index contributed by atoms with van der Waals surface area (Å²) in [5.41, 5.74) is 17.3. The molecule has 0 fully saturated rings. The number of aromatic amines is 1. The van der Waals surface area contributed by atoms with E-state index >= 15 is 0 Å². The van der Waals surface area contributed by atoms with Crippen molar-refractivity contribution in [1.82, 2.24) is 25.9 Å². The number of amides is 3. The maximum Gasteiger partial charge on any atom is 0.327 e. The van der Waals surface area contributed by atoms with Crippen LogP contribution in [0.1, 0.15) is 38.8 Å². The molecular weight excluding hydrogens is 490 g/mol. The molecule has 0 aliphatic heterocycles. The number of carbonyl (C=O) groups is 4. The Morgan fingerprint density at radius 1 is 1.08 bits per heavy atom. The molecule has 4 unspecified atom stereocenters. The number of aromatic nitrogens is 2. The van der Waals surface area contributed by atoms with Crippen LogP contribution in [0.15, 0.2) is 17.5 Å². The Morgan fingerprint density at radius 3 is 2.22 bits per heavy atom. The minimum Gasteiger partial charge on any atom is -0.480 e. The lowest BCUT2D eigenvalue weighted by molar-refractivity contribution is -0.141. The van der Waals surface area contributed by atoms with E-state index in [0.717, 1.165) is 0 Å². The van der Waals surface area contributed by atoms with Crippen LogP contribution in [-0.4, -0.2) is 81.2 Å². The number of rotatable bonds is 16. The predicted molar refractivity (Wildman–Crippen MR) is 137 cm³/mol. The zero-order valence-corrected chi connectivity index (χ0v) is 21.3. The summed E-state index contributed by atoms with van der Waals surface area (Å²) < 4.78 is 0. The van der Waals surface area contributed by atoms with Gasteiger partial charge in [0.05, 0.1) is 12.4 Å². The zero-order valence-electron chi connectivity index (χ0n) is 20.4. The molecule has 0 aliphatic carbocycles. The lowest BCUT2D eigenvalue weighted by Gasteiger charge is -2.26. The van der Waals surface area contributed by atoms with E-state index in [1.54, 1.807) is 6.20 Å². The first-order valence-electron chi connectivity index (χ1n) is 11.5. The van der Waals surface area contributed by atoms with Crippen LogP contribution in [0.5, 0.6) is 0 Å². The quantitative estimate of drug-likeness (QED) is 0.0491. The molecule has 1 aromatic heterocycles. The average molecular weight is 528 g/mol. The molecule has 15 heteroatoms. The van der Waals surface area contributed by atoms with Crippen LogP contribution in [0.25, 0.3) is 0 Å². The van der Waals surface area contributed by atoms with Crippen LogP contribution in [0.4, 0.5) is 0 Å². The number of hydrogen-bond acceptors (Lipinski definition) is 8. The summed E-state index contributed by atoms with van der Waals surface area (Å²) in [6.07, 6.45) is 3.94. The van der Waals surface area contributed by atoms with Gasteiger partial charge in [-0.15, -0.1) is 0 Å². The Bertz CT molecular complexity index is 890. The van der Waals surface area contributed by atoms with Gasteiger partial charge in [0, 0.05) is 30.6 Å². The third kappa shape index (κ3) is 11.4. The number of aliphatic carboxylic acids is 1. The van der Waals surface area contributed by atoms with Gasteiger partial charge in [-0.1, -0.05) is 13.8 Å². The topological polar surface area (TPSA) is 244 Å². The van der Waals surface area contributed by atoms with Gasteiger partial charge in [0.25, 0.3) is 0 Å². The largest absolute Gasteiger partial charge is 0.480 e.